The predicted molar refractivity (Wildman–Crippen MR) is 120 cm³/mol. The Kier molecular flexibility index (Phi) is 6.41. The summed E-state index contributed by atoms with van der Waals surface area (Å²) in [5.41, 5.74) is -0.0119. The van der Waals surface area contributed by atoms with Gasteiger partial charge in [0, 0.05) is 18.2 Å². The molecule has 2 aromatic heterocycles. The molecule has 0 aliphatic carbocycles. The van der Waals surface area contributed by atoms with Crippen molar-refractivity contribution in [2.24, 2.45) is 0 Å². The van der Waals surface area contributed by atoms with Crippen molar-refractivity contribution >= 4 is 28.8 Å². The van der Waals surface area contributed by atoms with E-state index in [4.69, 9.17) is 4.42 Å². The number of anilines is 1. The van der Waals surface area contributed by atoms with Gasteiger partial charge >= 0.3 is 5.97 Å². The van der Waals surface area contributed by atoms with Gasteiger partial charge in [0.25, 0.3) is 12.3 Å². The lowest BCUT2D eigenvalue weighted by Crippen LogP contribution is -2.18. The van der Waals surface area contributed by atoms with Crippen molar-refractivity contribution in [2.45, 2.75) is 6.43 Å². The Morgan fingerprint density at radius 2 is 1.74 bits per heavy atom. The van der Waals surface area contributed by atoms with Crippen LogP contribution in [0.2, 0.25) is 0 Å². The minimum atomic E-state index is -2.74. The van der Waals surface area contributed by atoms with E-state index < -0.39 is 42.0 Å². The Bertz CT molecular complexity index is 1440. The first-order valence-electron chi connectivity index (χ1n) is 10.2. The van der Waals surface area contributed by atoms with Crippen LogP contribution in [0, 0.1) is 11.6 Å². The van der Waals surface area contributed by atoms with Gasteiger partial charge in [-0.25, -0.2) is 22.4 Å². The van der Waals surface area contributed by atoms with E-state index in [-0.39, 0.29) is 39.4 Å². The molecule has 4 rings (SSSR count). The first-order valence-corrected chi connectivity index (χ1v) is 10.2. The number of carboxylic acids is 1. The number of pyridine rings is 1. The van der Waals surface area contributed by atoms with Crippen molar-refractivity contribution in [1.82, 2.24) is 10.3 Å². The molecule has 0 bridgehead atoms. The fraction of sp³-hybridized carbons (Fsp3) is 0.125. The van der Waals surface area contributed by atoms with Gasteiger partial charge in [0.15, 0.2) is 0 Å². The molecule has 180 valence electrons. The van der Waals surface area contributed by atoms with Crippen LogP contribution in [-0.2, 0) is 0 Å². The summed E-state index contributed by atoms with van der Waals surface area (Å²) >= 11 is 0. The first kappa shape index (κ1) is 23.7. The van der Waals surface area contributed by atoms with Gasteiger partial charge in [-0.1, -0.05) is 6.07 Å². The predicted octanol–water partition coefficient (Wildman–Crippen LogP) is 5.17. The molecule has 2 aromatic carbocycles. The van der Waals surface area contributed by atoms with Crippen LogP contribution in [0.4, 0.5) is 23.4 Å². The maximum Gasteiger partial charge on any atom is 0.338 e. The summed E-state index contributed by atoms with van der Waals surface area (Å²) < 4.78 is 59.1. The molecule has 3 N–H and O–H groups in total. The lowest BCUT2D eigenvalue weighted by molar-refractivity contribution is 0.0691. The molecule has 2 heterocycles. The maximum atomic E-state index is 14.0. The van der Waals surface area contributed by atoms with E-state index in [1.54, 1.807) is 0 Å². The molecule has 0 saturated carbocycles. The highest BCUT2D eigenvalue weighted by Crippen LogP contribution is 2.38. The zero-order valence-electron chi connectivity index (χ0n) is 18.0. The molecule has 4 aromatic rings. The first-order chi connectivity index (χ1) is 16.7. The number of carbonyl (C=O) groups excluding carboxylic acids is 1. The van der Waals surface area contributed by atoms with Gasteiger partial charge in [-0.15, -0.1) is 0 Å². The molecule has 7 nitrogen and oxygen atoms in total. The number of furan rings is 1. The summed E-state index contributed by atoms with van der Waals surface area (Å²) in [6.07, 6.45) is -2.74. The SMILES string of the molecule is CNC(=O)c1c(-c2ccc(F)cc2)oc2nc(NCC(F)F)c(-c3ccc(F)c(C(=O)O)c3)cc12. The van der Waals surface area contributed by atoms with Crippen LogP contribution in [0.3, 0.4) is 0 Å². The Labute approximate surface area is 195 Å². The largest absolute Gasteiger partial charge is 0.478 e. The molecule has 0 atom stereocenters. The number of halogens is 4. The van der Waals surface area contributed by atoms with Crippen LogP contribution in [0.1, 0.15) is 20.7 Å². The number of nitrogens with one attached hydrogen (secondary N) is 2. The summed E-state index contributed by atoms with van der Waals surface area (Å²) in [6, 6.07) is 9.79. The fourth-order valence-electron chi connectivity index (χ4n) is 3.56. The minimum absolute atomic E-state index is 0.0452. The molecule has 1 amide bonds. The number of aromatic nitrogens is 1. The van der Waals surface area contributed by atoms with Crippen LogP contribution < -0.4 is 10.6 Å². The number of amides is 1. The number of benzene rings is 2. The van der Waals surface area contributed by atoms with E-state index in [0.717, 1.165) is 12.1 Å². The molecule has 0 fully saturated rings. The number of hydrogen-bond acceptors (Lipinski definition) is 5. The summed E-state index contributed by atoms with van der Waals surface area (Å²) in [6.45, 7) is -0.785. The van der Waals surface area contributed by atoms with Crippen LogP contribution in [-0.4, -0.2) is 42.0 Å². The molecule has 0 aliphatic heterocycles. The quantitative estimate of drug-likeness (QED) is 0.311. The zero-order valence-corrected chi connectivity index (χ0v) is 18.0. The number of carbonyl (C=O) groups is 2. The summed E-state index contributed by atoms with van der Waals surface area (Å²) in [5, 5.41) is 14.4. The molecule has 0 unspecified atom stereocenters. The zero-order chi connectivity index (χ0) is 25.3. The second-order valence-corrected chi connectivity index (χ2v) is 7.40. The van der Waals surface area contributed by atoms with Crippen LogP contribution >= 0.6 is 0 Å². The van der Waals surface area contributed by atoms with Crippen molar-refractivity contribution < 1.29 is 36.7 Å². The van der Waals surface area contributed by atoms with Gasteiger partial charge in [0.1, 0.15) is 23.2 Å². The number of alkyl halides is 2. The average Bonchev–Trinajstić information content (AvgIpc) is 3.20. The van der Waals surface area contributed by atoms with Crippen molar-refractivity contribution in [1.29, 1.82) is 0 Å². The van der Waals surface area contributed by atoms with E-state index in [0.29, 0.717) is 5.56 Å². The van der Waals surface area contributed by atoms with Gasteiger partial charge in [0.05, 0.1) is 23.1 Å². The number of aromatic carboxylic acids is 1. The summed E-state index contributed by atoms with van der Waals surface area (Å²) in [4.78, 5) is 28.4. The van der Waals surface area contributed by atoms with Crippen molar-refractivity contribution in [2.75, 3.05) is 18.9 Å². The molecular weight excluding hydrogens is 470 g/mol. The topological polar surface area (TPSA) is 104 Å². The second-order valence-electron chi connectivity index (χ2n) is 7.40. The van der Waals surface area contributed by atoms with Crippen LogP contribution in [0.5, 0.6) is 0 Å². The molecular formula is C24H17F4N3O4. The van der Waals surface area contributed by atoms with E-state index in [9.17, 15) is 32.3 Å². The normalized spacial score (nSPS) is 11.1. The number of carboxylic acid groups (broad SMARTS) is 1. The highest BCUT2D eigenvalue weighted by Gasteiger charge is 2.25. The highest BCUT2D eigenvalue weighted by molar-refractivity contribution is 6.11. The maximum absolute atomic E-state index is 14.0. The monoisotopic (exact) mass is 487 g/mol. The number of rotatable bonds is 7. The number of hydrogen-bond donors (Lipinski definition) is 3. The van der Waals surface area contributed by atoms with Gasteiger partial charge in [-0.2, -0.15) is 4.98 Å². The molecule has 11 heteroatoms. The molecule has 35 heavy (non-hydrogen) atoms. The second kappa shape index (κ2) is 9.45. The molecule has 0 radical (unpaired) electrons. The Balaban J connectivity index is 2.00. The smallest absolute Gasteiger partial charge is 0.338 e. The van der Waals surface area contributed by atoms with Gasteiger partial charge in [-0.3, -0.25) is 4.79 Å². The third kappa shape index (κ3) is 4.65. The molecule has 0 spiro atoms. The lowest BCUT2D eigenvalue weighted by atomic mass is 10.00. The van der Waals surface area contributed by atoms with E-state index in [2.05, 4.69) is 15.6 Å². The van der Waals surface area contributed by atoms with E-state index in [1.165, 1.54) is 43.4 Å². The molecule has 0 saturated heterocycles. The van der Waals surface area contributed by atoms with Crippen molar-refractivity contribution in [3.8, 4) is 22.5 Å². The average molecular weight is 487 g/mol. The molecule has 0 aliphatic rings. The van der Waals surface area contributed by atoms with Gasteiger partial charge in [-0.05, 0) is 48.0 Å². The lowest BCUT2D eigenvalue weighted by Gasteiger charge is -2.12. The van der Waals surface area contributed by atoms with Crippen molar-refractivity contribution in [3.63, 3.8) is 0 Å². The van der Waals surface area contributed by atoms with Gasteiger partial charge in [0.2, 0.25) is 5.71 Å². The summed E-state index contributed by atoms with van der Waals surface area (Å²) in [5.74, 6) is -3.60. The summed E-state index contributed by atoms with van der Waals surface area (Å²) in [7, 11) is 1.39. The van der Waals surface area contributed by atoms with Crippen molar-refractivity contribution in [3.05, 3.63) is 71.3 Å². The fourth-order valence-corrected chi connectivity index (χ4v) is 3.56. The number of nitrogens with zero attached hydrogens (tertiary/aromatic N) is 1. The third-order valence-corrected chi connectivity index (χ3v) is 5.17. The Morgan fingerprint density at radius 1 is 1.06 bits per heavy atom. The van der Waals surface area contributed by atoms with Crippen LogP contribution in [0.25, 0.3) is 33.6 Å². The Hall–Kier alpha value is -4.41. The van der Waals surface area contributed by atoms with Crippen LogP contribution in [0.15, 0.2) is 52.9 Å². The Morgan fingerprint density at radius 3 is 2.37 bits per heavy atom. The van der Waals surface area contributed by atoms with Gasteiger partial charge < -0.3 is 20.2 Å². The highest BCUT2D eigenvalue weighted by atomic mass is 19.3. The van der Waals surface area contributed by atoms with E-state index >= 15 is 0 Å². The number of fused-ring (bicyclic) bond motifs is 1. The third-order valence-electron chi connectivity index (χ3n) is 5.17. The minimum Gasteiger partial charge on any atom is -0.478 e. The van der Waals surface area contributed by atoms with E-state index in [1.807, 2.05) is 0 Å². The standard InChI is InChI=1S/C24H17F4N3O4/c1-29-22(32)19-16-9-14(12-4-7-17(26)15(8-12)24(33)34)21(30-10-18(27)28)31-23(16)35-20(19)11-2-5-13(25)6-3-11/h2-9,18H,10H2,1H3,(H,29,32)(H,30,31)(H,33,34).